The number of hydrogen-bond acceptors (Lipinski definition) is 9. The molecule has 0 saturated carbocycles. The molecule has 1 unspecified atom stereocenters. The number of hydrogen-bond donors (Lipinski definition) is 0. The maximum atomic E-state index is 12.2. The van der Waals surface area contributed by atoms with Gasteiger partial charge in [-0.2, -0.15) is 0 Å². The summed E-state index contributed by atoms with van der Waals surface area (Å²) in [6.45, 7) is -3.60. The number of rotatable bonds is 6. The molecule has 0 bridgehead atoms. The Morgan fingerprint density at radius 2 is 1.58 bits per heavy atom. The molecule has 3 rings (SSSR count). The van der Waals surface area contributed by atoms with Crippen LogP contribution in [0.4, 0.5) is 0 Å². The van der Waals surface area contributed by atoms with E-state index in [2.05, 4.69) is 15.9 Å². The van der Waals surface area contributed by atoms with Gasteiger partial charge >= 0.3 is 23.9 Å². The van der Waals surface area contributed by atoms with Crippen LogP contribution in [0.2, 0.25) is 0 Å². The van der Waals surface area contributed by atoms with Crippen LogP contribution >= 0.6 is 15.9 Å². The van der Waals surface area contributed by atoms with Crippen LogP contribution in [0.15, 0.2) is 34.9 Å². The minimum absolute atomic E-state index is 0.527. The molecule has 0 radical (unpaired) electrons. The van der Waals surface area contributed by atoms with Crippen molar-refractivity contribution in [3.8, 4) is 0 Å². The highest BCUT2D eigenvalue weighted by Crippen LogP contribution is 2.37. The predicted octanol–water partition coefficient (Wildman–Crippen LogP) is 2.66. The summed E-state index contributed by atoms with van der Waals surface area (Å²) < 4.78 is 58.9. The van der Waals surface area contributed by atoms with Crippen molar-refractivity contribution in [1.82, 2.24) is 4.57 Å². The fourth-order valence-electron chi connectivity index (χ4n) is 3.66. The fraction of sp³-hybridized carbons (Fsp3) is 0.455. The molecule has 10 nitrogen and oxygen atoms in total. The van der Waals surface area contributed by atoms with Crippen molar-refractivity contribution in [2.45, 2.75) is 58.2 Å². The molecule has 1 aliphatic heterocycles. The average molecular weight is 530 g/mol. The summed E-state index contributed by atoms with van der Waals surface area (Å²) in [7, 11) is 0. The first-order valence-electron chi connectivity index (χ1n) is 12.4. The molecule has 1 aromatic heterocycles. The van der Waals surface area contributed by atoms with Crippen molar-refractivity contribution in [2.24, 2.45) is 0 Å². The normalized spacial score (nSPS) is 26.3. The van der Waals surface area contributed by atoms with E-state index in [-0.39, 0.29) is 0 Å². The Labute approximate surface area is 203 Å². The third-order valence-corrected chi connectivity index (χ3v) is 5.50. The van der Waals surface area contributed by atoms with Gasteiger partial charge in [0.1, 0.15) is 12.7 Å². The third-order valence-electron chi connectivity index (χ3n) is 4.80. The van der Waals surface area contributed by atoms with Crippen LogP contribution in [-0.4, -0.2) is 59.5 Å². The SMILES string of the molecule is [2H]CC(=O)OC[C@H]1OC(n2ccc3c(Br)cccc32)[C@H](OC(=O)C[2H])[C@@H](OC(=O)C[2H])[C@@H]1OC(=O)C[2H]. The molecule has 1 saturated heterocycles. The number of ether oxygens (including phenoxy) is 5. The number of nitrogens with zero attached hydrogens (tertiary/aromatic N) is 1. The highest BCUT2D eigenvalue weighted by molar-refractivity contribution is 9.10. The molecule has 5 atom stereocenters. The van der Waals surface area contributed by atoms with Crippen molar-refractivity contribution < 1.29 is 48.3 Å². The molecule has 2 heterocycles. The van der Waals surface area contributed by atoms with Gasteiger partial charge in [-0.1, -0.05) is 22.0 Å². The molecule has 1 aliphatic rings. The van der Waals surface area contributed by atoms with Gasteiger partial charge in [0.15, 0.2) is 24.5 Å². The quantitative estimate of drug-likeness (QED) is 0.410. The van der Waals surface area contributed by atoms with E-state index >= 15 is 0 Å². The molecule has 11 heteroatoms. The lowest BCUT2D eigenvalue weighted by Crippen LogP contribution is -2.60. The first-order chi connectivity index (χ1) is 17.7. The molecule has 33 heavy (non-hydrogen) atoms. The van der Waals surface area contributed by atoms with E-state index in [1.807, 2.05) is 6.07 Å². The minimum Gasteiger partial charge on any atom is -0.463 e. The van der Waals surface area contributed by atoms with E-state index in [4.69, 9.17) is 29.2 Å². The number of benzene rings is 1. The number of halogens is 1. The average Bonchev–Trinajstić information content (AvgIpc) is 3.34. The molecule has 0 N–H and O–H groups in total. The Kier molecular flexibility index (Phi) is 6.13. The van der Waals surface area contributed by atoms with Gasteiger partial charge in [0.25, 0.3) is 0 Å². The Hall–Kier alpha value is -2.92. The monoisotopic (exact) mass is 529 g/mol. The van der Waals surface area contributed by atoms with Crippen molar-refractivity contribution in [3.63, 3.8) is 0 Å². The highest BCUT2D eigenvalue weighted by atomic mass is 79.9. The number of esters is 4. The highest BCUT2D eigenvalue weighted by Gasteiger charge is 2.53. The zero-order valence-electron chi connectivity index (χ0n) is 21.3. The maximum absolute atomic E-state index is 12.2. The molecule has 0 amide bonds. The van der Waals surface area contributed by atoms with Crippen molar-refractivity contribution in [2.75, 3.05) is 6.61 Å². The number of carbonyl (C=O) groups is 4. The smallest absolute Gasteiger partial charge is 0.303 e. The van der Waals surface area contributed by atoms with Crippen molar-refractivity contribution >= 4 is 50.7 Å². The maximum Gasteiger partial charge on any atom is 0.303 e. The predicted molar refractivity (Wildman–Crippen MR) is 117 cm³/mol. The topological polar surface area (TPSA) is 119 Å². The van der Waals surface area contributed by atoms with Gasteiger partial charge < -0.3 is 28.3 Å². The van der Waals surface area contributed by atoms with E-state index in [9.17, 15) is 19.2 Å². The number of fused-ring (bicyclic) bond motifs is 1. The summed E-state index contributed by atoms with van der Waals surface area (Å²) in [6, 6.07) is 7.06. The van der Waals surface area contributed by atoms with E-state index in [1.165, 1.54) is 0 Å². The van der Waals surface area contributed by atoms with Crippen LogP contribution in [0.3, 0.4) is 0 Å². The summed E-state index contributed by atoms with van der Waals surface area (Å²) in [5.74, 6) is -3.96. The fourth-order valence-corrected chi connectivity index (χ4v) is 4.15. The first kappa shape index (κ1) is 19.5. The molecule has 0 spiro atoms. The van der Waals surface area contributed by atoms with Crippen LogP contribution in [-0.2, 0) is 42.9 Å². The van der Waals surface area contributed by atoms with E-state index in [0.29, 0.717) is 5.52 Å². The summed E-state index contributed by atoms with van der Waals surface area (Å²) in [4.78, 5) is 48.3. The Morgan fingerprint density at radius 3 is 2.24 bits per heavy atom. The molecule has 2 aromatic rings. The molecule has 178 valence electrons. The van der Waals surface area contributed by atoms with E-state index in [0.717, 1.165) is 9.86 Å². The lowest BCUT2D eigenvalue weighted by molar-refractivity contribution is -0.267. The van der Waals surface area contributed by atoms with Crippen molar-refractivity contribution in [1.29, 1.82) is 0 Å². The standard InChI is InChI=1S/C22H24BrNO9/c1-11(25)29-10-18-19(30-12(2)26)20(31-13(3)27)21(32-14(4)28)22(33-18)24-9-8-15-16(23)6-5-7-17(15)24/h5-9,18-22H,10H2,1-4H3/t18-,19-,20+,21-,22?/m1/s1/i1D,2D,3D,4D. The van der Waals surface area contributed by atoms with Gasteiger partial charge in [-0.3, -0.25) is 19.2 Å². The number of carbonyl (C=O) groups excluding carboxylic acids is 4. The van der Waals surface area contributed by atoms with Gasteiger partial charge in [-0.15, -0.1) is 0 Å². The van der Waals surface area contributed by atoms with Crippen LogP contribution in [0.5, 0.6) is 0 Å². The van der Waals surface area contributed by atoms with Gasteiger partial charge in [-0.25, -0.2) is 0 Å². The Bertz CT molecular complexity index is 1150. The third kappa shape index (κ3) is 5.72. The molecule has 1 aromatic carbocycles. The van der Waals surface area contributed by atoms with Crippen LogP contribution < -0.4 is 0 Å². The second-order valence-corrected chi connectivity index (χ2v) is 7.86. The second-order valence-electron chi connectivity index (χ2n) is 7.01. The second kappa shape index (κ2) is 10.3. The Balaban J connectivity index is 2.14. The molecular formula is C22H24BrNO9. The van der Waals surface area contributed by atoms with E-state index in [1.54, 1.807) is 29.0 Å². The van der Waals surface area contributed by atoms with Gasteiger partial charge in [0.05, 0.1) is 5.52 Å². The molecular weight excluding hydrogens is 502 g/mol. The van der Waals surface area contributed by atoms with E-state index < -0.39 is 88.7 Å². The first-order valence-corrected chi connectivity index (χ1v) is 10.3. The van der Waals surface area contributed by atoms with Crippen LogP contribution in [0.1, 0.15) is 39.3 Å². The number of aromatic nitrogens is 1. The van der Waals surface area contributed by atoms with Crippen molar-refractivity contribution in [3.05, 3.63) is 34.9 Å². The zero-order valence-corrected chi connectivity index (χ0v) is 18.9. The summed E-state index contributed by atoms with van der Waals surface area (Å²) >= 11 is 3.45. The molecule has 0 aliphatic carbocycles. The minimum atomic E-state index is -1.55. The zero-order chi connectivity index (χ0) is 27.1. The van der Waals surface area contributed by atoms with Gasteiger partial charge in [-0.05, 0) is 18.2 Å². The van der Waals surface area contributed by atoms with Crippen LogP contribution in [0, 0.1) is 0 Å². The summed E-state index contributed by atoms with van der Waals surface area (Å²) in [6.07, 6.45) is -5.41. The summed E-state index contributed by atoms with van der Waals surface area (Å²) in [5.41, 5.74) is 0.611. The van der Waals surface area contributed by atoms with Crippen LogP contribution in [0.25, 0.3) is 10.9 Å². The van der Waals surface area contributed by atoms with Gasteiger partial charge in [0, 0.05) is 49.1 Å². The lowest BCUT2D eigenvalue weighted by atomic mass is 9.97. The largest absolute Gasteiger partial charge is 0.463 e. The molecule has 1 fully saturated rings. The summed E-state index contributed by atoms with van der Waals surface area (Å²) in [5, 5.41) is 0.760. The Morgan fingerprint density at radius 1 is 0.939 bits per heavy atom. The van der Waals surface area contributed by atoms with Gasteiger partial charge in [0.2, 0.25) is 0 Å². The lowest BCUT2D eigenvalue weighted by Gasteiger charge is -2.44.